The maximum absolute atomic E-state index is 11.8. The first-order valence-electron chi connectivity index (χ1n) is 5.68. The number of ether oxygens (including phenoxy) is 1. The highest BCUT2D eigenvalue weighted by Crippen LogP contribution is 2.19. The number of esters is 1. The van der Waals surface area contributed by atoms with Crippen LogP contribution in [0.2, 0.25) is 0 Å². The second-order valence-corrected chi connectivity index (χ2v) is 4.16. The Labute approximate surface area is 96.3 Å². The Hall–Kier alpha value is -1.32. The summed E-state index contributed by atoms with van der Waals surface area (Å²) in [6.45, 7) is 6.52. The molecule has 4 heteroatoms. The highest BCUT2D eigenvalue weighted by atomic mass is 16.5. The molecule has 1 heterocycles. The minimum Gasteiger partial charge on any atom is -0.464 e. The van der Waals surface area contributed by atoms with Gasteiger partial charge in [0.15, 0.2) is 0 Å². The van der Waals surface area contributed by atoms with Gasteiger partial charge in [-0.2, -0.15) is 0 Å². The van der Waals surface area contributed by atoms with E-state index in [1.807, 2.05) is 13.8 Å². The van der Waals surface area contributed by atoms with E-state index in [1.54, 1.807) is 17.9 Å². The van der Waals surface area contributed by atoms with Crippen molar-refractivity contribution in [3.05, 3.63) is 11.6 Å². The molecule has 1 amide bonds. The Morgan fingerprint density at radius 2 is 2.12 bits per heavy atom. The molecular weight excluding hydrogens is 206 g/mol. The summed E-state index contributed by atoms with van der Waals surface area (Å²) in [6.07, 6.45) is 3.14. The smallest absolute Gasteiger partial charge is 0.328 e. The lowest BCUT2D eigenvalue weighted by Crippen LogP contribution is -2.40. The Kier molecular flexibility index (Phi) is 4.52. The van der Waals surface area contributed by atoms with Gasteiger partial charge in [0.1, 0.15) is 6.04 Å². The van der Waals surface area contributed by atoms with Crippen LogP contribution in [0.25, 0.3) is 0 Å². The fraction of sp³-hybridized carbons (Fsp3) is 0.667. The van der Waals surface area contributed by atoms with E-state index in [-0.39, 0.29) is 17.9 Å². The molecule has 0 aliphatic carbocycles. The summed E-state index contributed by atoms with van der Waals surface area (Å²) in [4.78, 5) is 25.0. The first kappa shape index (κ1) is 12.7. The lowest BCUT2D eigenvalue weighted by molar-refractivity contribution is -0.151. The Bertz CT molecular complexity index is 305. The molecule has 1 aliphatic heterocycles. The molecule has 1 fully saturated rings. The zero-order valence-corrected chi connectivity index (χ0v) is 10.2. The van der Waals surface area contributed by atoms with Crippen LogP contribution >= 0.6 is 0 Å². The minimum atomic E-state index is -0.386. The summed E-state index contributed by atoms with van der Waals surface area (Å²) in [5.74, 6) is -0.369. The van der Waals surface area contributed by atoms with Crippen LogP contribution in [-0.4, -0.2) is 36.0 Å². The Balaban J connectivity index is 2.69. The molecule has 1 atom stereocenters. The number of nitrogens with zero attached hydrogens (tertiary/aromatic N) is 1. The quantitative estimate of drug-likeness (QED) is 0.540. The van der Waals surface area contributed by atoms with Gasteiger partial charge in [0.25, 0.3) is 0 Å². The molecule has 0 aromatic heterocycles. The molecule has 0 aromatic rings. The number of carbonyl (C=O) groups is 2. The average molecular weight is 225 g/mol. The second kappa shape index (κ2) is 5.68. The predicted octanol–water partition coefficient (Wildman–Crippen LogP) is 1.51. The molecule has 0 saturated carbocycles. The molecule has 0 spiro atoms. The zero-order chi connectivity index (χ0) is 12.1. The highest BCUT2D eigenvalue weighted by molar-refractivity contribution is 5.92. The van der Waals surface area contributed by atoms with E-state index in [9.17, 15) is 9.59 Å². The molecule has 90 valence electrons. The van der Waals surface area contributed by atoms with Gasteiger partial charge in [-0.25, -0.2) is 4.79 Å². The van der Waals surface area contributed by atoms with Crippen LogP contribution in [-0.2, 0) is 14.3 Å². The maximum Gasteiger partial charge on any atom is 0.328 e. The van der Waals surface area contributed by atoms with Gasteiger partial charge in [0.05, 0.1) is 6.61 Å². The van der Waals surface area contributed by atoms with Crippen LogP contribution in [0, 0.1) is 0 Å². The molecule has 16 heavy (non-hydrogen) atoms. The summed E-state index contributed by atoms with van der Waals surface area (Å²) in [7, 11) is 0. The first-order chi connectivity index (χ1) is 7.56. The third kappa shape index (κ3) is 3.08. The van der Waals surface area contributed by atoms with Crippen molar-refractivity contribution >= 4 is 11.9 Å². The SMILES string of the molecule is CCOC(=O)C1CCCN1C(=O)C=C(C)C. The number of hydrogen-bond donors (Lipinski definition) is 0. The van der Waals surface area contributed by atoms with Gasteiger partial charge in [-0.05, 0) is 33.6 Å². The molecular formula is C12H19NO3. The number of rotatable bonds is 3. The lowest BCUT2D eigenvalue weighted by Gasteiger charge is -2.21. The standard InChI is InChI=1S/C12H19NO3/c1-4-16-12(15)10-6-5-7-13(10)11(14)8-9(2)3/h8,10H,4-7H2,1-3H3. The van der Waals surface area contributed by atoms with E-state index in [2.05, 4.69) is 0 Å². The molecule has 0 aromatic carbocycles. The van der Waals surface area contributed by atoms with Gasteiger partial charge in [-0.1, -0.05) is 5.57 Å². The van der Waals surface area contributed by atoms with Crippen molar-refractivity contribution in [3.8, 4) is 0 Å². The molecule has 1 aliphatic rings. The van der Waals surface area contributed by atoms with E-state index >= 15 is 0 Å². The van der Waals surface area contributed by atoms with Gasteiger partial charge in [0.2, 0.25) is 5.91 Å². The Morgan fingerprint density at radius 3 is 2.69 bits per heavy atom. The van der Waals surface area contributed by atoms with Crippen molar-refractivity contribution < 1.29 is 14.3 Å². The van der Waals surface area contributed by atoms with Crippen molar-refractivity contribution in [1.82, 2.24) is 4.90 Å². The van der Waals surface area contributed by atoms with Crippen molar-refractivity contribution in [2.75, 3.05) is 13.2 Å². The van der Waals surface area contributed by atoms with E-state index < -0.39 is 0 Å². The van der Waals surface area contributed by atoms with Crippen LogP contribution in [0.5, 0.6) is 0 Å². The average Bonchev–Trinajstić information content (AvgIpc) is 2.65. The molecule has 0 bridgehead atoms. The van der Waals surface area contributed by atoms with Crippen LogP contribution in [0.1, 0.15) is 33.6 Å². The van der Waals surface area contributed by atoms with Gasteiger partial charge >= 0.3 is 5.97 Å². The van der Waals surface area contributed by atoms with Gasteiger partial charge in [-0.3, -0.25) is 4.79 Å². The first-order valence-corrected chi connectivity index (χ1v) is 5.68. The molecule has 1 unspecified atom stereocenters. The Morgan fingerprint density at radius 1 is 1.44 bits per heavy atom. The van der Waals surface area contributed by atoms with Crippen molar-refractivity contribution in [2.45, 2.75) is 39.7 Å². The van der Waals surface area contributed by atoms with Crippen LogP contribution in [0.15, 0.2) is 11.6 Å². The molecule has 1 rings (SSSR count). The summed E-state index contributed by atoms with van der Waals surface area (Å²) in [5.41, 5.74) is 0.944. The second-order valence-electron chi connectivity index (χ2n) is 4.16. The zero-order valence-electron chi connectivity index (χ0n) is 10.2. The summed E-state index contributed by atoms with van der Waals surface area (Å²) >= 11 is 0. The predicted molar refractivity (Wildman–Crippen MR) is 60.8 cm³/mol. The van der Waals surface area contributed by atoms with Crippen molar-refractivity contribution in [1.29, 1.82) is 0 Å². The van der Waals surface area contributed by atoms with E-state index in [4.69, 9.17) is 4.74 Å². The van der Waals surface area contributed by atoms with E-state index in [1.165, 1.54) is 0 Å². The summed E-state index contributed by atoms with van der Waals surface area (Å²) in [6, 6.07) is -0.386. The van der Waals surface area contributed by atoms with Gasteiger partial charge in [-0.15, -0.1) is 0 Å². The highest BCUT2D eigenvalue weighted by Gasteiger charge is 2.34. The maximum atomic E-state index is 11.8. The largest absolute Gasteiger partial charge is 0.464 e. The molecule has 0 N–H and O–H groups in total. The van der Waals surface area contributed by atoms with E-state index in [0.29, 0.717) is 19.6 Å². The third-order valence-corrected chi connectivity index (χ3v) is 2.51. The number of amides is 1. The fourth-order valence-electron chi connectivity index (χ4n) is 1.84. The third-order valence-electron chi connectivity index (χ3n) is 2.51. The van der Waals surface area contributed by atoms with Crippen LogP contribution in [0.3, 0.4) is 0 Å². The van der Waals surface area contributed by atoms with Crippen molar-refractivity contribution in [3.63, 3.8) is 0 Å². The molecule has 4 nitrogen and oxygen atoms in total. The van der Waals surface area contributed by atoms with Crippen molar-refractivity contribution in [2.24, 2.45) is 0 Å². The monoisotopic (exact) mass is 225 g/mol. The number of hydrogen-bond acceptors (Lipinski definition) is 3. The fourth-order valence-corrected chi connectivity index (χ4v) is 1.84. The number of likely N-dealkylation sites (tertiary alicyclic amines) is 1. The number of carbonyl (C=O) groups excluding carboxylic acids is 2. The molecule has 0 radical (unpaired) electrons. The summed E-state index contributed by atoms with van der Waals surface area (Å²) < 4.78 is 4.96. The topological polar surface area (TPSA) is 46.6 Å². The normalized spacial score (nSPS) is 19.4. The van der Waals surface area contributed by atoms with Gasteiger partial charge < -0.3 is 9.64 Å². The van der Waals surface area contributed by atoms with E-state index in [0.717, 1.165) is 12.0 Å². The minimum absolute atomic E-state index is 0.0875. The summed E-state index contributed by atoms with van der Waals surface area (Å²) in [5, 5.41) is 0. The lowest BCUT2D eigenvalue weighted by atomic mass is 10.2. The van der Waals surface area contributed by atoms with Crippen LogP contribution in [0.4, 0.5) is 0 Å². The van der Waals surface area contributed by atoms with Gasteiger partial charge in [0, 0.05) is 12.6 Å². The van der Waals surface area contributed by atoms with Crippen LogP contribution < -0.4 is 0 Å². The molecule has 1 saturated heterocycles. The number of allylic oxidation sites excluding steroid dienone is 1.